The van der Waals surface area contributed by atoms with E-state index in [1.165, 1.54) is 18.2 Å². The summed E-state index contributed by atoms with van der Waals surface area (Å²) >= 11 is 0. The van der Waals surface area contributed by atoms with Crippen LogP contribution in [0.15, 0.2) is 18.2 Å². The molecular formula is C15H22FNO2. The quantitative estimate of drug-likeness (QED) is 0.823. The molecule has 0 aliphatic heterocycles. The Labute approximate surface area is 114 Å². The smallest absolute Gasteiger partial charge is 0.335 e. The second-order valence-corrected chi connectivity index (χ2v) is 4.95. The highest BCUT2D eigenvalue weighted by Crippen LogP contribution is 2.15. The molecule has 0 fully saturated rings. The molecule has 0 aromatic heterocycles. The Morgan fingerprint density at radius 1 is 1.42 bits per heavy atom. The third-order valence-electron chi connectivity index (χ3n) is 3.40. The van der Waals surface area contributed by atoms with Crippen molar-refractivity contribution in [3.8, 4) is 0 Å². The van der Waals surface area contributed by atoms with Crippen LogP contribution in [0.2, 0.25) is 0 Å². The Morgan fingerprint density at radius 3 is 2.63 bits per heavy atom. The molecule has 3 nitrogen and oxygen atoms in total. The molecule has 0 aliphatic rings. The molecule has 0 amide bonds. The maximum Gasteiger partial charge on any atom is 0.335 e. The molecule has 0 radical (unpaired) electrons. The number of aromatic carboxylic acids is 1. The maximum atomic E-state index is 13.7. The van der Waals surface area contributed by atoms with E-state index >= 15 is 0 Å². The lowest BCUT2D eigenvalue weighted by Crippen LogP contribution is -2.28. The van der Waals surface area contributed by atoms with E-state index in [0.29, 0.717) is 18.0 Å². The lowest BCUT2D eigenvalue weighted by atomic mass is 10.1. The Hall–Kier alpha value is -1.42. The van der Waals surface area contributed by atoms with Gasteiger partial charge in [0, 0.05) is 18.7 Å². The Morgan fingerprint density at radius 2 is 2.11 bits per heavy atom. The van der Waals surface area contributed by atoms with E-state index in [1.54, 1.807) is 0 Å². The number of halogens is 1. The van der Waals surface area contributed by atoms with Crippen molar-refractivity contribution in [2.75, 3.05) is 13.1 Å². The molecule has 0 saturated carbocycles. The fourth-order valence-electron chi connectivity index (χ4n) is 1.95. The average molecular weight is 267 g/mol. The van der Waals surface area contributed by atoms with Crippen molar-refractivity contribution in [3.63, 3.8) is 0 Å². The zero-order chi connectivity index (χ0) is 14.4. The monoisotopic (exact) mass is 267 g/mol. The fraction of sp³-hybridized carbons (Fsp3) is 0.533. The fourth-order valence-corrected chi connectivity index (χ4v) is 1.95. The third kappa shape index (κ3) is 4.63. The Kier molecular flexibility index (Phi) is 5.96. The van der Waals surface area contributed by atoms with Gasteiger partial charge in [-0.05, 0) is 30.7 Å². The summed E-state index contributed by atoms with van der Waals surface area (Å²) in [4.78, 5) is 13.0. The van der Waals surface area contributed by atoms with E-state index in [4.69, 9.17) is 5.11 Å². The lowest BCUT2D eigenvalue weighted by molar-refractivity contribution is 0.0696. The summed E-state index contributed by atoms with van der Waals surface area (Å²) in [7, 11) is 0. The topological polar surface area (TPSA) is 40.5 Å². The first kappa shape index (κ1) is 15.6. The number of carboxylic acid groups (broad SMARTS) is 1. The SMILES string of the molecule is CCC(C)CN(CC)Cc1cc(C(=O)O)ccc1F. The molecule has 1 aromatic rings. The van der Waals surface area contributed by atoms with Gasteiger partial charge in [0.2, 0.25) is 0 Å². The van der Waals surface area contributed by atoms with Crippen molar-refractivity contribution >= 4 is 5.97 Å². The summed E-state index contributed by atoms with van der Waals surface area (Å²) in [6.07, 6.45) is 1.08. The van der Waals surface area contributed by atoms with Crippen LogP contribution in [0.5, 0.6) is 0 Å². The molecule has 4 heteroatoms. The van der Waals surface area contributed by atoms with Gasteiger partial charge in [-0.2, -0.15) is 0 Å². The van der Waals surface area contributed by atoms with Crippen LogP contribution in [0.4, 0.5) is 4.39 Å². The largest absolute Gasteiger partial charge is 0.478 e. The van der Waals surface area contributed by atoms with E-state index in [1.807, 2.05) is 6.92 Å². The molecule has 106 valence electrons. The Balaban J connectivity index is 2.84. The minimum Gasteiger partial charge on any atom is -0.478 e. The van der Waals surface area contributed by atoms with E-state index in [0.717, 1.165) is 19.5 Å². The highest BCUT2D eigenvalue weighted by Gasteiger charge is 2.13. The summed E-state index contributed by atoms with van der Waals surface area (Å²) in [6.45, 7) is 8.48. The summed E-state index contributed by atoms with van der Waals surface area (Å²) in [5.74, 6) is -0.815. The number of hydrogen-bond acceptors (Lipinski definition) is 2. The molecule has 19 heavy (non-hydrogen) atoms. The molecule has 1 unspecified atom stereocenters. The van der Waals surface area contributed by atoms with E-state index in [2.05, 4.69) is 18.7 Å². The highest BCUT2D eigenvalue weighted by atomic mass is 19.1. The molecule has 0 heterocycles. The number of nitrogens with zero attached hydrogens (tertiary/aromatic N) is 1. The summed E-state index contributed by atoms with van der Waals surface area (Å²) < 4.78 is 13.7. The standard InChI is InChI=1S/C15H22FNO2/c1-4-11(3)9-17(5-2)10-13-8-12(15(18)19)6-7-14(13)16/h6-8,11H,4-5,9-10H2,1-3H3,(H,18,19). The number of carboxylic acids is 1. The molecule has 1 atom stereocenters. The van der Waals surface area contributed by atoms with Crippen molar-refractivity contribution in [3.05, 3.63) is 35.1 Å². The van der Waals surface area contributed by atoms with Gasteiger partial charge in [-0.25, -0.2) is 9.18 Å². The summed E-state index contributed by atoms with van der Waals surface area (Å²) in [6, 6.07) is 3.96. The molecule has 1 N–H and O–H groups in total. The first-order chi connectivity index (χ1) is 8.97. The second kappa shape index (κ2) is 7.24. The molecule has 0 aliphatic carbocycles. The molecule has 0 spiro atoms. The van der Waals surface area contributed by atoms with E-state index in [-0.39, 0.29) is 11.4 Å². The van der Waals surface area contributed by atoms with Crippen molar-refractivity contribution in [2.24, 2.45) is 5.92 Å². The lowest BCUT2D eigenvalue weighted by Gasteiger charge is -2.24. The van der Waals surface area contributed by atoms with Crippen LogP contribution < -0.4 is 0 Å². The van der Waals surface area contributed by atoms with Gasteiger partial charge >= 0.3 is 5.97 Å². The van der Waals surface area contributed by atoms with Crippen LogP contribution in [0.1, 0.15) is 43.1 Å². The third-order valence-corrected chi connectivity index (χ3v) is 3.40. The van der Waals surface area contributed by atoms with Crippen LogP contribution >= 0.6 is 0 Å². The van der Waals surface area contributed by atoms with Gasteiger partial charge < -0.3 is 5.11 Å². The van der Waals surface area contributed by atoms with Gasteiger partial charge in [0.25, 0.3) is 0 Å². The van der Waals surface area contributed by atoms with Crippen LogP contribution in [0.3, 0.4) is 0 Å². The maximum absolute atomic E-state index is 13.7. The highest BCUT2D eigenvalue weighted by molar-refractivity contribution is 5.87. The number of carbonyl (C=O) groups is 1. The van der Waals surface area contributed by atoms with Crippen molar-refractivity contribution < 1.29 is 14.3 Å². The Bertz CT molecular complexity index is 434. The van der Waals surface area contributed by atoms with E-state index < -0.39 is 5.97 Å². The van der Waals surface area contributed by atoms with Crippen LogP contribution in [-0.4, -0.2) is 29.1 Å². The number of hydrogen-bond donors (Lipinski definition) is 1. The number of rotatable bonds is 7. The van der Waals surface area contributed by atoms with Crippen LogP contribution in [0, 0.1) is 11.7 Å². The van der Waals surface area contributed by atoms with Gasteiger partial charge in [-0.15, -0.1) is 0 Å². The minimum absolute atomic E-state index is 0.135. The zero-order valence-electron chi connectivity index (χ0n) is 11.8. The predicted octanol–water partition coefficient (Wildman–Crippen LogP) is 3.39. The molecule has 1 aromatic carbocycles. The average Bonchev–Trinajstić information content (AvgIpc) is 2.39. The molecule has 0 bridgehead atoms. The summed E-state index contributed by atoms with van der Waals surface area (Å²) in [5, 5.41) is 8.94. The predicted molar refractivity (Wildman–Crippen MR) is 73.8 cm³/mol. The van der Waals surface area contributed by atoms with Crippen molar-refractivity contribution in [1.82, 2.24) is 4.90 Å². The van der Waals surface area contributed by atoms with Crippen LogP contribution in [-0.2, 0) is 6.54 Å². The van der Waals surface area contributed by atoms with E-state index in [9.17, 15) is 9.18 Å². The summed E-state index contributed by atoms with van der Waals surface area (Å²) in [5.41, 5.74) is 0.584. The zero-order valence-corrected chi connectivity index (χ0v) is 11.8. The minimum atomic E-state index is -1.02. The van der Waals surface area contributed by atoms with Crippen LogP contribution in [0.25, 0.3) is 0 Å². The van der Waals surface area contributed by atoms with Crippen molar-refractivity contribution in [2.45, 2.75) is 33.7 Å². The molecule has 0 saturated heterocycles. The molecule has 1 rings (SSSR count). The van der Waals surface area contributed by atoms with Gasteiger partial charge in [-0.3, -0.25) is 4.90 Å². The number of benzene rings is 1. The van der Waals surface area contributed by atoms with Gasteiger partial charge in [0.15, 0.2) is 0 Å². The first-order valence-electron chi connectivity index (χ1n) is 6.72. The normalized spacial score (nSPS) is 12.7. The van der Waals surface area contributed by atoms with Gasteiger partial charge in [-0.1, -0.05) is 27.2 Å². The van der Waals surface area contributed by atoms with Gasteiger partial charge in [0.1, 0.15) is 5.82 Å². The molecular weight excluding hydrogens is 245 g/mol. The van der Waals surface area contributed by atoms with Crippen molar-refractivity contribution in [1.29, 1.82) is 0 Å². The van der Waals surface area contributed by atoms with Gasteiger partial charge in [0.05, 0.1) is 5.56 Å². The second-order valence-electron chi connectivity index (χ2n) is 4.95. The first-order valence-corrected chi connectivity index (χ1v) is 6.72.